The number of rotatable bonds is 3. The first kappa shape index (κ1) is 33.0. The average Bonchev–Trinajstić information content (AvgIpc) is 4.05. The van der Waals surface area contributed by atoms with E-state index in [2.05, 4.69) is 109 Å². The Hall–Kier alpha value is -6.83. The molecule has 0 aliphatic carbocycles. The SMILES string of the molecule is [2H]C([2H])([2H])[n+]1[c-]n(-c2[c-]c3c4c(c2)Oc2oc5ccccc5c2B4c2c(oc4ccccc24)N3c2[c-]c3c(cc2)c2ccccc2n3-c2cc(C(C)(C)C)ccn2)c2ccccc21.[Pt]. The average molecular weight is 974 g/mol. The van der Waals surface area contributed by atoms with Crippen molar-refractivity contribution in [3.05, 3.63) is 158 Å². The van der Waals surface area contributed by atoms with E-state index in [-0.39, 0.29) is 33.2 Å². The van der Waals surface area contributed by atoms with Crippen molar-refractivity contribution in [2.75, 3.05) is 4.90 Å². The molecule has 296 valence electrons. The zero-order chi connectivity index (χ0) is 42.5. The van der Waals surface area contributed by atoms with Crippen LogP contribution in [0.2, 0.25) is 0 Å². The van der Waals surface area contributed by atoms with Crippen molar-refractivity contribution >= 4 is 95.1 Å². The van der Waals surface area contributed by atoms with Gasteiger partial charge in [0.05, 0.1) is 22.1 Å². The number of anilines is 3. The van der Waals surface area contributed by atoms with E-state index in [0.29, 0.717) is 51.3 Å². The van der Waals surface area contributed by atoms with Crippen molar-refractivity contribution in [2.45, 2.75) is 26.2 Å². The summed E-state index contributed by atoms with van der Waals surface area (Å²) in [6, 6.07) is 49.9. The largest absolute Gasteiger partial charge is 0.454 e. The molecular formula is C51H34BN5O3Pt-2. The molecule has 2 aliphatic heterocycles. The second-order valence-corrected chi connectivity index (χ2v) is 16.6. The smallest absolute Gasteiger partial charge is 0.282 e. The topological polar surface area (TPSA) is 65.4 Å². The number of nitrogens with zero attached hydrogens (tertiary/aromatic N) is 5. The molecule has 13 rings (SSSR count). The maximum atomic E-state index is 8.41. The van der Waals surface area contributed by atoms with Crippen molar-refractivity contribution < 1.29 is 43.3 Å². The quantitative estimate of drug-likeness (QED) is 0.100. The van der Waals surface area contributed by atoms with Gasteiger partial charge in [-0.1, -0.05) is 122 Å². The van der Waals surface area contributed by atoms with Gasteiger partial charge in [-0.25, -0.2) is 4.98 Å². The molecule has 8 nitrogen and oxygen atoms in total. The first-order valence-corrected chi connectivity index (χ1v) is 20.0. The Labute approximate surface area is 369 Å². The van der Waals surface area contributed by atoms with Crippen LogP contribution in [0.3, 0.4) is 0 Å². The van der Waals surface area contributed by atoms with Crippen LogP contribution in [-0.2, 0) is 33.5 Å². The van der Waals surface area contributed by atoms with Crippen LogP contribution in [0.15, 0.2) is 142 Å². The summed E-state index contributed by atoms with van der Waals surface area (Å²) in [6.07, 6.45) is 5.03. The van der Waals surface area contributed by atoms with E-state index >= 15 is 0 Å². The fraction of sp³-hybridized carbons (Fsp3) is 0.0980. The maximum Gasteiger partial charge on any atom is 0.282 e. The van der Waals surface area contributed by atoms with Crippen LogP contribution >= 0.6 is 0 Å². The third kappa shape index (κ3) is 5.04. The fourth-order valence-corrected chi connectivity index (χ4v) is 9.45. The zero-order valence-electron chi connectivity index (χ0n) is 36.1. The van der Waals surface area contributed by atoms with E-state index in [9.17, 15) is 0 Å². The molecule has 6 aromatic carbocycles. The number of ether oxygens (including phenoxy) is 1. The van der Waals surface area contributed by atoms with Crippen molar-refractivity contribution in [3.8, 4) is 23.2 Å². The van der Waals surface area contributed by atoms with E-state index in [1.165, 1.54) is 10.1 Å². The number of benzene rings is 6. The van der Waals surface area contributed by atoms with Gasteiger partial charge in [-0.2, -0.15) is 12.1 Å². The molecule has 0 bridgehead atoms. The van der Waals surface area contributed by atoms with E-state index < -0.39 is 6.98 Å². The van der Waals surface area contributed by atoms with Gasteiger partial charge < -0.3 is 32.2 Å². The maximum absolute atomic E-state index is 8.41. The predicted octanol–water partition coefficient (Wildman–Crippen LogP) is 9.54. The number of para-hydroxylation sites is 5. The summed E-state index contributed by atoms with van der Waals surface area (Å²) in [7, 11) is 0. The number of aromatic nitrogens is 4. The Balaban J connectivity index is 0.00000433. The number of hydrogen-bond donors (Lipinski definition) is 0. The molecular weight excluding hydrogens is 936 g/mol. The minimum absolute atomic E-state index is 0. The van der Waals surface area contributed by atoms with Gasteiger partial charge in [0, 0.05) is 54.8 Å². The molecule has 0 fully saturated rings. The Bertz CT molecular complexity index is 3750. The number of aryl methyl sites for hydroxylation is 1. The normalized spacial score (nSPS) is 14.1. The van der Waals surface area contributed by atoms with Gasteiger partial charge >= 0.3 is 0 Å². The summed E-state index contributed by atoms with van der Waals surface area (Å²) in [5.41, 5.74) is 10.1. The molecule has 0 atom stereocenters. The minimum atomic E-state index is -2.49. The van der Waals surface area contributed by atoms with Gasteiger partial charge in [-0.3, -0.25) is 0 Å². The first-order valence-electron chi connectivity index (χ1n) is 21.5. The van der Waals surface area contributed by atoms with Crippen LogP contribution in [-0.4, -0.2) is 20.8 Å². The molecule has 0 N–H and O–H groups in total. The van der Waals surface area contributed by atoms with Gasteiger partial charge in [-0.15, -0.1) is 29.0 Å². The zero-order valence-corrected chi connectivity index (χ0v) is 35.3. The second-order valence-electron chi connectivity index (χ2n) is 16.6. The number of furan rings is 2. The fourth-order valence-electron chi connectivity index (χ4n) is 9.45. The van der Waals surface area contributed by atoms with Crippen molar-refractivity contribution in [2.24, 2.45) is 6.98 Å². The van der Waals surface area contributed by atoms with E-state index in [1.54, 1.807) is 10.6 Å². The molecule has 10 heteroatoms. The summed E-state index contributed by atoms with van der Waals surface area (Å²) in [5, 5.41) is 4.01. The minimum Gasteiger partial charge on any atom is -0.454 e. The number of fused-ring (bicyclic) bond motifs is 12. The molecule has 61 heavy (non-hydrogen) atoms. The molecule has 7 heterocycles. The Morgan fingerprint density at radius 3 is 2.23 bits per heavy atom. The van der Waals surface area contributed by atoms with Crippen LogP contribution in [0.4, 0.5) is 17.3 Å². The van der Waals surface area contributed by atoms with Gasteiger partial charge in [-0.05, 0) is 52.2 Å². The molecule has 2 aliphatic rings. The van der Waals surface area contributed by atoms with Gasteiger partial charge in [0.2, 0.25) is 6.33 Å². The van der Waals surface area contributed by atoms with Crippen LogP contribution in [0.1, 0.15) is 30.4 Å². The number of imidazole rings is 1. The Morgan fingerprint density at radius 1 is 0.705 bits per heavy atom. The molecule has 0 unspecified atom stereocenters. The summed E-state index contributed by atoms with van der Waals surface area (Å²) in [5.74, 6) is 2.33. The summed E-state index contributed by atoms with van der Waals surface area (Å²) in [6.45, 7) is 3.76. The monoisotopic (exact) mass is 973 g/mol. The Kier molecular flexibility index (Phi) is 6.94. The molecule has 0 radical (unpaired) electrons. The molecule has 5 aromatic heterocycles. The van der Waals surface area contributed by atoms with Gasteiger partial charge in [0.1, 0.15) is 17.0 Å². The molecule has 0 amide bonds. The molecule has 11 aromatic rings. The van der Waals surface area contributed by atoms with Crippen LogP contribution in [0.25, 0.3) is 66.3 Å². The third-order valence-electron chi connectivity index (χ3n) is 12.2. The third-order valence-corrected chi connectivity index (χ3v) is 12.2. The Morgan fingerprint density at radius 2 is 1.43 bits per heavy atom. The summed E-state index contributed by atoms with van der Waals surface area (Å²) >= 11 is 0. The van der Waals surface area contributed by atoms with Crippen LogP contribution < -0.4 is 30.6 Å². The van der Waals surface area contributed by atoms with Crippen molar-refractivity contribution in [3.63, 3.8) is 0 Å². The molecule has 0 saturated carbocycles. The van der Waals surface area contributed by atoms with E-state index in [0.717, 1.165) is 60.4 Å². The second kappa shape index (κ2) is 12.8. The van der Waals surface area contributed by atoms with Gasteiger partial charge in [0.15, 0.2) is 12.6 Å². The van der Waals surface area contributed by atoms with Crippen molar-refractivity contribution in [1.29, 1.82) is 0 Å². The first-order chi connectivity index (χ1) is 30.5. The van der Waals surface area contributed by atoms with Crippen LogP contribution in [0, 0.1) is 18.5 Å². The number of pyridine rings is 1. The summed E-state index contributed by atoms with van der Waals surface area (Å²) < 4.78 is 50.7. The van der Waals surface area contributed by atoms with E-state index in [1.807, 2.05) is 66.9 Å². The molecule has 0 saturated heterocycles. The van der Waals surface area contributed by atoms with Crippen LogP contribution in [0.5, 0.6) is 11.7 Å². The molecule has 0 spiro atoms. The predicted molar refractivity (Wildman–Crippen MR) is 237 cm³/mol. The summed E-state index contributed by atoms with van der Waals surface area (Å²) in [4.78, 5) is 7.02. The van der Waals surface area contributed by atoms with Crippen molar-refractivity contribution in [1.82, 2.24) is 14.1 Å². The standard InChI is InChI=1S/C51H34BN5O3.Pt/c1-51(2,3)30-23-24-53-45(25-30)57-37-16-8-5-13-33(37)34-22-21-31(26-40(34)57)56-41-27-32(55-29-54(4)38-17-9-10-18-39(38)55)28-44-48(41)52(46-35-14-6-11-19-42(35)58-49(46)56)47-36-15-7-12-20-43(36)59-50(47)60-44;/h5-25,28H,1-4H3;/q-2;/i4D3;. The number of hydrogen-bond acceptors (Lipinski definition) is 5. The van der Waals surface area contributed by atoms with E-state index in [4.69, 9.17) is 22.7 Å². The van der Waals surface area contributed by atoms with Gasteiger partial charge in [0.25, 0.3) is 5.95 Å².